The average Bonchev–Trinajstić information content (AvgIpc) is 3.04. The molecule has 0 unspecified atom stereocenters. The molecule has 1 aliphatic rings. The summed E-state index contributed by atoms with van der Waals surface area (Å²) in [7, 11) is 1.84. The van der Waals surface area contributed by atoms with Crippen molar-refractivity contribution in [2.75, 3.05) is 6.54 Å². The maximum absolute atomic E-state index is 13.1. The van der Waals surface area contributed by atoms with Crippen molar-refractivity contribution in [1.29, 1.82) is 0 Å². The first-order valence-corrected chi connectivity index (χ1v) is 9.00. The highest BCUT2D eigenvalue weighted by atomic mass is 16.2. The van der Waals surface area contributed by atoms with Gasteiger partial charge in [0.05, 0.1) is 5.69 Å². The predicted octanol–water partition coefficient (Wildman–Crippen LogP) is 3.90. The molecule has 132 valence electrons. The molecule has 0 saturated heterocycles. The summed E-state index contributed by atoms with van der Waals surface area (Å²) in [6.07, 6.45) is 0.907. The van der Waals surface area contributed by atoms with Crippen LogP contribution >= 0.6 is 0 Å². The normalized spacial score (nSPS) is 13.6. The molecular weight excluding hydrogens is 322 g/mol. The van der Waals surface area contributed by atoms with Crippen molar-refractivity contribution in [3.05, 3.63) is 76.5 Å². The Morgan fingerprint density at radius 3 is 2.54 bits per heavy atom. The van der Waals surface area contributed by atoms with Crippen molar-refractivity contribution in [2.24, 2.45) is 7.05 Å². The van der Waals surface area contributed by atoms with Gasteiger partial charge in [0.15, 0.2) is 0 Å². The minimum atomic E-state index is 0.0459. The van der Waals surface area contributed by atoms with E-state index in [2.05, 4.69) is 55.3 Å². The first kappa shape index (κ1) is 16.6. The van der Waals surface area contributed by atoms with E-state index in [9.17, 15) is 4.79 Å². The van der Waals surface area contributed by atoms with Crippen LogP contribution in [0.5, 0.6) is 0 Å². The van der Waals surface area contributed by atoms with Crippen molar-refractivity contribution >= 4 is 5.91 Å². The molecule has 1 amide bonds. The monoisotopic (exact) mass is 345 g/mol. The molecule has 2 aromatic carbocycles. The zero-order valence-corrected chi connectivity index (χ0v) is 15.5. The number of amides is 1. The number of carbonyl (C=O) groups is 1. The predicted molar refractivity (Wildman–Crippen MR) is 103 cm³/mol. The molecule has 0 spiro atoms. The second-order valence-corrected chi connectivity index (χ2v) is 7.08. The fourth-order valence-corrected chi connectivity index (χ4v) is 3.54. The first-order valence-electron chi connectivity index (χ1n) is 9.00. The average molecular weight is 345 g/mol. The summed E-state index contributed by atoms with van der Waals surface area (Å²) in [5, 5.41) is 4.58. The topological polar surface area (TPSA) is 38.1 Å². The molecule has 0 radical (unpaired) electrons. The van der Waals surface area contributed by atoms with Crippen LogP contribution in [0.3, 0.4) is 0 Å². The van der Waals surface area contributed by atoms with Gasteiger partial charge in [-0.1, -0.05) is 36.4 Å². The van der Waals surface area contributed by atoms with E-state index in [1.807, 2.05) is 24.1 Å². The fourth-order valence-electron chi connectivity index (χ4n) is 3.54. The lowest BCUT2D eigenvalue weighted by atomic mass is 9.99. The maximum atomic E-state index is 13.1. The Kier molecular flexibility index (Phi) is 4.11. The minimum Gasteiger partial charge on any atom is -0.333 e. The van der Waals surface area contributed by atoms with E-state index in [1.165, 1.54) is 22.3 Å². The van der Waals surface area contributed by atoms with Crippen LogP contribution in [0.4, 0.5) is 0 Å². The number of benzene rings is 2. The number of hydrogen-bond acceptors (Lipinski definition) is 2. The molecule has 0 atom stereocenters. The van der Waals surface area contributed by atoms with Gasteiger partial charge in [-0.05, 0) is 54.7 Å². The molecule has 2 heterocycles. The molecule has 4 rings (SSSR count). The molecule has 0 fully saturated rings. The van der Waals surface area contributed by atoms with Gasteiger partial charge >= 0.3 is 0 Å². The molecule has 0 saturated carbocycles. The van der Waals surface area contributed by atoms with Gasteiger partial charge in [0, 0.05) is 25.7 Å². The molecule has 1 aromatic heterocycles. The highest BCUT2D eigenvalue weighted by Gasteiger charge is 2.24. The van der Waals surface area contributed by atoms with Gasteiger partial charge in [-0.25, -0.2) is 0 Å². The fraction of sp³-hybridized carbons (Fsp3) is 0.273. The molecule has 0 N–H and O–H groups in total. The van der Waals surface area contributed by atoms with E-state index < -0.39 is 0 Å². The smallest absolute Gasteiger partial charge is 0.272 e. The van der Waals surface area contributed by atoms with Crippen molar-refractivity contribution in [1.82, 2.24) is 14.7 Å². The molecule has 4 heteroatoms. The highest BCUT2D eigenvalue weighted by molar-refractivity contribution is 5.94. The van der Waals surface area contributed by atoms with E-state index in [0.717, 1.165) is 24.2 Å². The van der Waals surface area contributed by atoms with Crippen LogP contribution in [0.25, 0.3) is 11.3 Å². The number of rotatable bonds is 2. The third-order valence-corrected chi connectivity index (χ3v) is 5.32. The summed E-state index contributed by atoms with van der Waals surface area (Å²) in [6.45, 7) is 5.61. The lowest BCUT2D eigenvalue weighted by molar-refractivity contribution is 0.0723. The number of nitrogens with zero attached hydrogens (tertiary/aromatic N) is 3. The van der Waals surface area contributed by atoms with Crippen molar-refractivity contribution in [2.45, 2.75) is 26.8 Å². The van der Waals surface area contributed by atoms with Crippen molar-refractivity contribution in [3.63, 3.8) is 0 Å². The highest BCUT2D eigenvalue weighted by Crippen LogP contribution is 2.24. The molecule has 4 nitrogen and oxygen atoms in total. The zero-order valence-electron chi connectivity index (χ0n) is 15.5. The summed E-state index contributed by atoms with van der Waals surface area (Å²) in [4.78, 5) is 15.0. The van der Waals surface area contributed by atoms with Crippen LogP contribution in [0, 0.1) is 13.8 Å². The van der Waals surface area contributed by atoms with Crippen LogP contribution in [-0.4, -0.2) is 27.1 Å². The largest absolute Gasteiger partial charge is 0.333 e. The van der Waals surface area contributed by atoms with Crippen LogP contribution in [0.15, 0.2) is 48.5 Å². The van der Waals surface area contributed by atoms with Gasteiger partial charge in [-0.2, -0.15) is 5.10 Å². The SMILES string of the molecule is Cc1ccc(-c2cc(C(=O)N3CCc4ccccc4C3)n(C)n2)cc1C. The summed E-state index contributed by atoms with van der Waals surface area (Å²) in [6, 6.07) is 16.6. The maximum Gasteiger partial charge on any atom is 0.272 e. The molecule has 26 heavy (non-hydrogen) atoms. The molecule has 3 aromatic rings. The van der Waals surface area contributed by atoms with Gasteiger partial charge in [0.1, 0.15) is 5.69 Å². The lowest BCUT2D eigenvalue weighted by Crippen LogP contribution is -2.36. The number of hydrogen-bond donors (Lipinski definition) is 0. The molecule has 0 aliphatic carbocycles. The van der Waals surface area contributed by atoms with Crippen LogP contribution in [0.1, 0.15) is 32.7 Å². The van der Waals surface area contributed by atoms with Crippen LogP contribution in [-0.2, 0) is 20.0 Å². The van der Waals surface area contributed by atoms with Crippen LogP contribution < -0.4 is 0 Å². The van der Waals surface area contributed by atoms with E-state index in [1.54, 1.807) is 4.68 Å². The molecule has 1 aliphatic heterocycles. The Morgan fingerprint density at radius 2 is 1.77 bits per heavy atom. The number of fused-ring (bicyclic) bond motifs is 1. The zero-order chi connectivity index (χ0) is 18.3. The molecule has 0 bridgehead atoms. The third kappa shape index (κ3) is 2.92. The van der Waals surface area contributed by atoms with Gasteiger partial charge in [0.25, 0.3) is 5.91 Å². The van der Waals surface area contributed by atoms with Crippen LogP contribution in [0.2, 0.25) is 0 Å². The second-order valence-electron chi connectivity index (χ2n) is 7.08. The quantitative estimate of drug-likeness (QED) is 0.706. The van der Waals surface area contributed by atoms with E-state index in [4.69, 9.17) is 0 Å². The Morgan fingerprint density at radius 1 is 1.00 bits per heavy atom. The van der Waals surface area contributed by atoms with Crippen molar-refractivity contribution < 1.29 is 4.79 Å². The second kappa shape index (κ2) is 6.45. The molecular formula is C22H23N3O. The summed E-state index contributed by atoms with van der Waals surface area (Å²) in [5.74, 6) is 0.0459. The van der Waals surface area contributed by atoms with Gasteiger partial charge in [0.2, 0.25) is 0 Å². The minimum absolute atomic E-state index is 0.0459. The summed E-state index contributed by atoms with van der Waals surface area (Å²) >= 11 is 0. The number of aromatic nitrogens is 2. The number of carbonyl (C=O) groups excluding carboxylic acids is 1. The Balaban J connectivity index is 1.61. The Bertz CT molecular complexity index is 987. The Hall–Kier alpha value is -2.88. The van der Waals surface area contributed by atoms with Gasteiger partial charge in [-0.3, -0.25) is 9.48 Å². The summed E-state index contributed by atoms with van der Waals surface area (Å²) < 4.78 is 1.70. The van der Waals surface area contributed by atoms with Gasteiger partial charge in [-0.15, -0.1) is 0 Å². The van der Waals surface area contributed by atoms with E-state index in [-0.39, 0.29) is 5.91 Å². The standard InChI is InChI=1S/C22H23N3O/c1-15-8-9-18(12-16(15)2)20-13-21(24(3)23-20)22(26)25-11-10-17-6-4-5-7-19(17)14-25/h4-9,12-13H,10-11,14H2,1-3H3. The van der Waals surface area contributed by atoms with Crippen molar-refractivity contribution in [3.8, 4) is 11.3 Å². The van der Waals surface area contributed by atoms with E-state index >= 15 is 0 Å². The lowest BCUT2D eigenvalue weighted by Gasteiger charge is -2.28. The third-order valence-electron chi connectivity index (χ3n) is 5.32. The number of aryl methyl sites for hydroxylation is 3. The Labute approximate surface area is 154 Å². The van der Waals surface area contributed by atoms with E-state index in [0.29, 0.717) is 12.2 Å². The first-order chi connectivity index (χ1) is 12.5. The van der Waals surface area contributed by atoms with Gasteiger partial charge < -0.3 is 4.90 Å². The summed E-state index contributed by atoms with van der Waals surface area (Å²) in [5.41, 5.74) is 7.60.